The molecule has 0 fully saturated rings. The number of nitrogens with one attached hydrogen (secondary N) is 1. The lowest BCUT2D eigenvalue weighted by Gasteiger charge is -2.29. The van der Waals surface area contributed by atoms with Crippen molar-refractivity contribution in [2.45, 2.75) is 40.3 Å². The van der Waals surface area contributed by atoms with Gasteiger partial charge in [0.2, 0.25) is 0 Å². The van der Waals surface area contributed by atoms with Gasteiger partial charge in [0.15, 0.2) is 6.61 Å². The summed E-state index contributed by atoms with van der Waals surface area (Å²) in [7, 11) is 0. The van der Waals surface area contributed by atoms with Crippen LogP contribution in [0.5, 0.6) is 11.5 Å². The van der Waals surface area contributed by atoms with E-state index in [1.54, 1.807) is 47.4 Å². The molecule has 0 saturated carbocycles. The Bertz CT molecular complexity index is 1130. The fourth-order valence-electron chi connectivity index (χ4n) is 3.50. The Morgan fingerprint density at radius 3 is 2.59 bits per heavy atom. The van der Waals surface area contributed by atoms with Crippen LogP contribution in [0.4, 0.5) is 11.4 Å². The average Bonchev–Trinajstić information content (AvgIpc) is 3.07. The van der Waals surface area contributed by atoms with E-state index >= 15 is 0 Å². The third-order valence-corrected chi connectivity index (χ3v) is 5.15. The van der Waals surface area contributed by atoms with Crippen molar-refractivity contribution < 1.29 is 23.6 Å². The predicted molar refractivity (Wildman–Crippen MR) is 119 cm³/mol. The van der Waals surface area contributed by atoms with Crippen LogP contribution < -0.4 is 19.7 Å². The molecule has 2 aromatic carbocycles. The van der Waals surface area contributed by atoms with E-state index in [0.717, 1.165) is 11.3 Å². The number of anilines is 2. The van der Waals surface area contributed by atoms with Gasteiger partial charge in [-0.2, -0.15) is 0 Å². The van der Waals surface area contributed by atoms with E-state index in [0.29, 0.717) is 40.7 Å². The highest BCUT2D eigenvalue weighted by Gasteiger charge is 2.28. The third-order valence-electron chi connectivity index (χ3n) is 5.15. The highest BCUT2D eigenvalue weighted by molar-refractivity contribution is 6.05. The molecule has 0 unspecified atom stereocenters. The summed E-state index contributed by atoms with van der Waals surface area (Å²) < 4.78 is 16.4. The molecule has 2 heterocycles. The molecule has 0 saturated heterocycles. The van der Waals surface area contributed by atoms with Crippen LogP contribution in [0.15, 0.2) is 47.0 Å². The molecule has 1 aliphatic heterocycles. The third kappa shape index (κ3) is 4.44. The number of fused-ring (bicyclic) bond motifs is 1. The maximum absolute atomic E-state index is 12.7. The molecular weight excluding hydrogens is 410 g/mol. The Kier molecular flexibility index (Phi) is 5.85. The molecule has 0 aliphatic carbocycles. The minimum atomic E-state index is -0.263. The van der Waals surface area contributed by atoms with E-state index in [1.807, 2.05) is 27.7 Å². The molecule has 2 amide bonds. The smallest absolute Gasteiger partial charge is 0.265 e. The Hall–Kier alpha value is -3.81. The monoisotopic (exact) mass is 435 g/mol. The molecule has 3 aromatic rings. The van der Waals surface area contributed by atoms with Crippen molar-refractivity contribution in [1.29, 1.82) is 0 Å². The van der Waals surface area contributed by atoms with Gasteiger partial charge in [0.05, 0.1) is 24.0 Å². The Morgan fingerprint density at radius 1 is 1.19 bits per heavy atom. The predicted octanol–water partition coefficient (Wildman–Crippen LogP) is 4.26. The van der Waals surface area contributed by atoms with Gasteiger partial charge in [-0.3, -0.25) is 9.59 Å². The highest BCUT2D eigenvalue weighted by atomic mass is 16.5. The standard InChI is InChI=1S/C24H25N3O5/c1-14(2)31-19-8-5-17(6-9-19)24(29)25-18-7-10-22-21(11-18)27(23(28)13-30-22)12-20-15(3)26-32-16(20)4/h5-11,14H,12-13H2,1-4H3,(H,25,29). The van der Waals surface area contributed by atoms with Gasteiger partial charge in [-0.15, -0.1) is 0 Å². The van der Waals surface area contributed by atoms with Gasteiger partial charge >= 0.3 is 0 Å². The van der Waals surface area contributed by atoms with Crippen LogP contribution in [0.2, 0.25) is 0 Å². The molecule has 0 spiro atoms. The lowest BCUT2D eigenvalue weighted by molar-refractivity contribution is -0.121. The molecular formula is C24H25N3O5. The summed E-state index contributed by atoms with van der Waals surface area (Å²) in [5.74, 6) is 1.50. The molecule has 1 N–H and O–H groups in total. The van der Waals surface area contributed by atoms with Gasteiger partial charge < -0.3 is 24.2 Å². The normalized spacial score (nSPS) is 13.0. The summed E-state index contributed by atoms with van der Waals surface area (Å²) in [5.41, 5.74) is 3.22. The zero-order valence-corrected chi connectivity index (χ0v) is 18.5. The van der Waals surface area contributed by atoms with E-state index in [9.17, 15) is 9.59 Å². The first-order valence-corrected chi connectivity index (χ1v) is 10.4. The summed E-state index contributed by atoms with van der Waals surface area (Å²) in [6.45, 7) is 7.80. The molecule has 4 rings (SSSR count). The maximum Gasteiger partial charge on any atom is 0.265 e. The van der Waals surface area contributed by atoms with Gasteiger partial charge in [0.1, 0.15) is 17.3 Å². The van der Waals surface area contributed by atoms with E-state index < -0.39 is 0 Å². The number of amides is 2. The number of rotatable bonds is 6. The Morgan fingerprint density at radius 2 is 1.94 bits per heavy atom. The topological polar surface area (TPSA) is 93.9 Å². The Labute approximate surface area is 186 Å². The number of hydrogen-bond acceptors (Lipinski definition) is 6. The van der Waals surface area contributed by atoms with Gasteiger partial charge in [0.25, 0.3) is 11.8 Å². The van der Waals surface area contributed by atoms with Crippen LogP contribution >= 0.6 is 0 Å². The molecule has 1 aliphatic rings. The largest absolute Gasteiger partial charge is 0.491 e. The summed E-state index contributed by atoms with van der Waals surface area (Å²) >= 11 is 0. The Balaban J connectivity index is 1.55. The number of benzene rings is 2. The maximum atomic E-state index is 12.7. The van der Waals surface area contributed by atoms with Crippen LogP contribution in [-0.4, -0.2) is 29.7 Å². The number of aromatic nitrogens is 1. The quantitative estimate of drug-likeness (QED) is 0.622. The zero-order chi connectivity index (χ0) is 22.8. The first-order chi connectivity index (χ1) is 15.3. The molecule has 32 heavy (non-hydrogen) atoms. The minimum Gasteiger partial charge on any atom is -0.491 e. The van der Waals surface area contributed by atoms with Crippen LogP contribution in [0.1, 0.15) is 41.2 Å². The van der Waals surface area contributed by atoms with Crippen molar-refractivity contribution in [2.24, 2.45) is 0 Å². The number of carbonyl (C=O) groups excluding carboxylic acids is 2. The van der Waals surface area contributed by atoms with Crippen molar-refractivity contribution in [2.75, 3.05) is 16.8 Å². The van der Waals surface area contributed by atoms with Crippen LogP contribution in [0, 0.1) is 13.8 Å². The number of carbonyl (C=O) groups is 2. The average molecular weight is 435 g/mol. The van der Waals surface area contributed by atoms with Crippen molar-refractivity contribution >= 4 is 23.2 Å². The van der Waals surface area contributed by atoms with Crippen LogP contribution in [0.25, 0.3) is 0 Å². The number of aryl methyl sites for hydroxylation is 2. The number of ether oxygens (including phenoxy) is 2. The van der Waals surface area contributed by atoms with E-state index in [2.05, 4.69) is 10.5 Å². The second kappa shape index (κ2) is 8.74. The minimum absolute atomic E-state index is 0.0487. The lowest BCUT2D eigenvalue weighted by Crippen LogP contribution is -2.38. The van der Waals surface area contributed by atoms with E-state index in [-0.39, 0.29) is 24.5 Å². The van der Waals surface area contributed by atoms with Gasteiger partial charge in [-0.1, -0.05) is 5.16 Å². The van der Waals surface area contributed by atoms with Gasteiger partial charge in [-0.25, -0.2) is 0 Å². The van der Waals surface area contributed by atoms with Gasteiger partial charge in [-0.05, 0) is 70.2 Å². The van der Waals surface area contributed by atoms with Crippen molar-refractivity contribution in [3.05, 3.63) is 65.0 Å². The van der Waals surface area contributed by atoms with E-state index in [1.165, 1.54) is 0 Å². The lowest BCUT2D eigenvalue weighted by atomic mass is 10.1. The first-order valence-electron chi connectivity index (χ1n) is 10.4. The second-order valence-electron chi connectivity index (χ2n) is 7.90. The molecule has 8 nitrogen and oxygen atoms in total. The zero-order valence-electron chi connectivity index (χ0n) is 18.5. The number of hydrogen-bond donors (Lipinski definition) is 1. The fourth-order valence-corrected chi connectivity index (χ4v) is 3.50. The SMILES string of the molecule is Cc1noc(C)c1CN1C(=O)COc2ccc(NC(=O)c3ccc(OC(C)C)cc3)cc21. The van der Waals surface area contributed by atoms with Crippen LogP contribution in [-0.2, 0) is 11.3 Å². The van der Waals surface area contributed by atoms with Gasteiger partial charge in [0, 0.05) is 16.8 Å². The van der Waals surface area contributed by atoms with Crippen molar-refractivity contribution in [3.8, 4) is 11.5 Å². The fraction of sp³-hybridized carbons (Fsp3) is 0.292. The van der Waals surface area contributed by atoms with Crippen molar-refractivity contribution in [3.63, 3.8) is 0 Å². The summed E-state index contributed by atoms with van der Waals surface area (Å²) in [5, 5.41) is 6.85. The first kappa shape index (κ1) is 21.4. The van der Waals surface area contributed by atoms with Crippen molar-refractivity contribution in [1.82, 2.24) is 5.16 Å². The molecule has 1 aromatic heterocycles. The summed E-state index contributed by atoms with van der Waals surface area (Å²) in [6.07, 6.45) is 0.0588. The highest BCUT2D eigenvalue weighted by Crippen LogP contribution is 2.36. The number of nitrogens with zero attached hydrogens (tertiary/aromatic N) is 2. The molecule has 0 bridgehead atoms. The summed E-state index contributed by atoms with van der Waals surface area (Å²) in [6, 6.07) is 12.2. The molecule has 166 valence electrons. The second-order valence-corrected chi connectivity index (χ2v) is 7.90. The molecule has 0 atom stereocenters. The van der Waals surface area contributed by atoms with Crippen LogP contribution in [0.3, 0.4) is 0 Å². The van der Waals surface area contributed by atoms with E-state index in [4.69, 9.17) is 14.0 Å². The molecule has 8 heteroatoms. The summed E-state index contributed by atoms with van der Waals surface area (Å²) in [4.78, 5) is 27.0. The molecule has 0 radical (unpaired) electrons.